The summed E-state index contributed by atoms with van der Waals surface area (Å²) >= 11 is 5.92. The molecule has 0 radical (unpaired) electrons. The lowest BCUT2D eigenvalue weighted by Crippen LogP contribution is -2.20. The van der Waals surface area contributed by atoms with E-state index in [1.807, 2.05) is 24.3 Å². The van der Waals surface area contributed by atoms with Gasteiger partial charge in [0.15, 0.2) is 5.41 Å². The number of benzene rings is 1. The number of nitriles is 2. The van der Waals surface area contributed by atoms with Gasteiger partial charge in [0.05, 0.1) is 12.1 Å². The molecule has 2 rings (SSSR count). The maximum atomic E-state index is 9.54. The van der Waals surface area contributed by atoms with Crippen LogP contribution in [0.2, 0.25) is 5.02 Å². The number of unbranched alkanes of at least 4 members (excludes halogenated alkanes) is 1. The monoisotopic (exact) mass is 299 g/mol. The highest BCUT2D eigenvalue weighted by Crippen LogP contribution is 2.47. The van der Waals surface area contributed by atoms with Gasteiger partial charge in [-0.15, -0.1) is 0 Å². The third-order valence-corrected chi connectivity index (χ3v) is 4.29. The first-order chi connectivity index (χ1) is 10.1. The second-order valence-electron chi connectivity index (χ2n) is 5.48. The topological polar surface area (TPSA) is 59.9 Å². The Morgan fingerprint density at radius 2 is 1.95 bits per heavy atom. The Morgan fingerprint density at radius 3 is 2.52 bits per heavy atom. The van der Waals surface area contributed by atoms with Gasteiger partial charge in [0.25, 0.3) is 0 Å². The third-order valence-electron chi connectivity index (χ3n) is 4.04. The van der Waals surface area contributed by atoms with Gasteiger partial charge in [0, 0.05) is 29.6 Å². The molecular weight excluding hydrogens is 282 g/mol. The Labute approximate surface area is 130 Å². The van der Waals surface area contributed by atoms with E-state index in [1.165, 1.54) is 0 Å². The summed E-state index contributed by atoms with van der Waals surface area (Å²) in [7, 11) is 0. The molecule has 0 bridgehead atoms. The van der Waals surface area contributed by atoms with Crippen LogP contribution in [0.5, 0.6) is 0 Å². The molecule has 1 atom stereocenters. The minimum Gasteiger partial charge on any atom is -0.294 e. The van der Waals surface area contributed by atoms with Crippen LogP contribution in [-0.4, -0.2) is 12.3 Å². The molecule has 1 fully saturated rings. The molecule has 0 saturated heterocycles. The lowest BCUT2D eigenvalue weighted by Gasteiger charge is -2.20. The molecule has 4 heteroatoms. The molecule has 1 aliphatic rings. The van der Waals surface area contributed by atoms with Crippen molar-refractivity contribution in [1.82, 2.24) is 0 Å². The van der Waals surface area contributed by atoms with E-state index in [2.05, 4.69) is 24.1 Å². The Hall–Kier alpha value is -1.84. The first kappa shape index (κ1) is 15.5. The Morgan fingerprint density at radius 1 is 1.29 bits per heavy atom. The minimum atomic E-state index is -1.00. The number of hydrogen-bond donors (Lipinski definition) is 0. The van der Waals surface area contributed by atoms with Gasteiger partial charge >= 0.3 is 0 Å². The van der Waals surface area contributed by atoms with Gasteiger partial charge in [0.2, 0.25) is 0 Å². The van der Waals surface area contributed by atoms with E-state index in [0.717, 1.165) is 30.7 Å². The van der Waals surface area contributed by atoms with Crippen molar-refractivity contribution >= 4 is 17.3 Å². The van der Waals surface area contributed by atoms with Crippen molar-refractivity contribution in [2.24, 2.45) is 10.4 Å². The zero-order chi connectivity index (χ0) is 15.3. The Bertz CT molecular complexity index is 590. The van der Waals surface area contributed by atoms with E-state index in [1.54, 1.807) is 0 Å². The molecule has 21 heavy (non-hydrogen) atoms. The molecule has 1 saturated carbocycles. The van der Waals surface area contributed by atoms with Crippen molar-refractivity contribution in [3.63, 3.8) is 0 Å². The van der Waals surface area contributed by atoms with Crippen molar-refractivity contribution in [2.75, 3.05) is 6.54 Å². The van der Waals surface area contributed by atoms with Crippen molar-refractivity contribution in [3.8, 4) is 12.1 Å². The predicted molar refractivity (Wildman–Crippen MR) is 84.3 cm³/mol. The van der Waals surface area contributed by atoms with E-state index in [-0.39, 0.29) is 5.92 Å². The summed E-state index contributed by atoms with van der Waals surface area (Å²) < 4.78 is 0. The van der Waals surface area contributed by atoms with E-state index < -0.39 is 5.41 Å². The standard InChI is InChI=1S/C17H18ClN3/c1-2-3-8-21-15-9-16(17(10-15,11-19)12-20)13-4-6-14(18)7-5-13/h4-7,16H,2-3,8-10H2,1H3. The van der Waals surface area contributed by atoms with Gasteiger partial charge in [-0.3, -0.25) is 4.99 Å². The number of aliphatic imine (C=N–C) groups is 1. The quantitative estimate of drug-likeness (QED) is 0.769. The van der Waals surface area contributed by atoms with Crippen molar-refractivity contribution in [1.29, 1.82) is 10.5 Å². The number of hydrogen-bond acceptors (Lipinski definition) is 3. The molecule has 0 amide bonds. The van der Waals surface area contributed by atoms with Crippen LogP contribution in [0.25, 0.3) is 0 Å². The fourth-order valence-corrected chi connectivity index (χ4v) is 2.93. The van der Waals surface area contributed by atoms with Crippen LogP contribution in [0.3, 0.4) is 0 Å². The van der Waals surface area contributed by atoms with Gasteiger partial charge in [-0.25, -0.2) is 0 Å². The van der Waals surface area contributed by atoms with Crippen LogP contribution >= 0.6 is 11.6 Å². The maximum absolute atomic E-state index is 9.54. The molecule has 1 aromatic carbocycles. The molecule has 0 heterocycles. The second kappa shape index (κ2) is 6.74. The summed E-state index contributed by atoms with van der Waals surface area (Å²) in [5.74, 6) is -0.120. The fraction of sp³-hybridized carbons (Fsp3) is 0.471. The summed E-state index contributed by atoms with van der Waals surface area (Å²) in [4.78, 5) is 4.59. The maximum Gasteiger partial charge on any atom is 0.156 e. The second-order valence-corrected chi connectivity index (χ2v) is 5.92. The number of halogens is 1. The first-order valence-corrected chi connectivity index (χ1v) is 7.63. The fourth-order valence-electron chi connectivity index (χ4n) is 2.80. The summed E-state index contributed by atoms with van der Waals surface area (Å²) in [5, 5.41) is 19.7. The normalized spacial score (nSPS) is 21.9. The Kier molecular flexibility index (Phi) is 4.99. The van der Waals surface area contributed by atoms with Gasteiger partial charge in [-0.1, -0.05) is 37.1 Å². The van der Waals surface area contributed by atoms with Crippen LogP contribution in [-0.2, 0) is 0 Å². The van der Waals surface area contributed by atoms with Gasteiger partial charge in [0.1, 0.15) is 0 Å². The van der Waals surface area contributed by atoms with Crippen LogP contribution in [0, 0.1) is 28.1 Å². The lowest BCUT2D eigenvalue weighted by atomic mass is 9.77. The minimum absolute atomic E-state index is 0.120. The van der Waals surface area contributed by atoms with Gasteiger partial charge < -0.3 is 0 Å². The van der Waals surface area contributed by atoms with Crippen molar-refractivity contribution in [3.05, 3.63) is 34.9 Å². The van der Waals surface area contributed by atoms with Crippen molar-refractivity contribution < 1.29 is 0 Å². The van der Waals surface area contributed by atoms with E-state index in [4.69, 9.17) is 11.6 Å². The molecule has 0 aromatic heterocycles. The number of nitrogens with zero attached hydrogens (tertiary/aromatic N) is 3. The largest absolute Gasteiger partial charge is 0.294 e. The molecule has 1 aromatic rings. The molecule has 0 N–H and O–H groups in total. The van der Waals surface area contributed by atoms with Crippen molar-refractivity contribution in [2.45, 2.75) is 38.5 Å². The predicted octanol–water partition coefficient (Wildman–Crippen LogP) is 4.49. The van der Waals surface area contributed by atoms with E-state index in [0.29, 0.717) is 17.9 Å². The molecule has 0 spiro atoms. The third kappa shape index (κ3) is 3.26. The summed E-state index contributed by atoms with van der Waals surface area (Å²) in [6, 6.07) is 11.9. The highest BCUT2D eigenvalue weighted by atomic mass is 35.5. The van der Waals surface area contributed by atoms with Crippen LogP contribution < -0.4 is 0 Å². The summed E-state index contributed by atoms with van der Waals surface area (Å²) in [5.41, 5.74) is 0.980. The zero-order valence-corrected chi connectivity index (χ0v) is 12.9. The summed E-state index contributed by atoms with van der Waals surface area (Å²) in [6.07, 6.45) is 3.28. The van der Waals surface area contributed by atoms with Gasteiger partial charge in [-0.05, 0) is 30.5 Å². The molecular formula is C17H18ClN3. The Balaban J connectivity index is 2.30. The average Bonchev–Trinajstić information content (AvgIpc) is 2.88. The molecule has 1 unspecified atom stereocenters. The van der Waals surface area contributed by atoms with Crippen LogP contribution in [0.15, 0.2) is 29.3 Å². The average molecular weight is 300 g/mol. The van der Waals surface area contributed by atoms with Gasteiger partial charge in [-0.2, -0.15) is 10.5 Å². The highest BCUT2D eigenvalue weighted by Gasteiger charge is 2.47. The smallest absolute Gasteiger partial charge is 0.156 e. The highest BCUT2D eigenvalue weighted by molar-refractivity contribution is 6.30. The van der Waals surface area contributed by atoms with Crippen LogP contribution in [0.4, 0.5) is 0 Å². The molecule has 0 aliphatic heterocycles. The SMILES string of the molecule is CCCCN=C1CC(c2ccc(Cl)cc2)C(C#N)(C#N)C1. The summed E-state index contributed by atoms with van der Waals surface area (Å²) in [6.45, 7) is 2.91. The van der Waals surface area contributed by atoms with Crippen LogP contribution in [0.1, 0.15) is 44.1 Å². The van der Waals surface area contributed by atoms with E-state index in [9.17, 15) is 10.5 Å². The number of rotatable bonds is 4. The first-order valence-electron chi connectivity index (χ1n) is 7.25. The van der Waals surface area contributed by atoms with E-state index >= 15 is 0 Å². The molecule has 3 nitrogen and oxygen atoms in total. The molecule has 108 valence electrons. The lowest BCUT2D eigenvalue weighted by molar-refractivity contribution is 0.478. The molecule has 1 aliphatic carbocycles. The zero-order valence-electron chi connectivity index (χ0n) is 12.1.